The van der Waals surface area contributed by atoms with E-state index >= 15 is 0 Å². The third kappa shape index (κ3) is 8.39. The third-order valence-electron chi connectivity index (χ3n) is 10.4. The largest absolute Gasteiger partial charge is 0.610 e. The first-order valence-electron chi connectivity index (χ1n) is 17.2. The van der Waals surface area contributed by atoms with Gasteiger partial charge in [-0.25, -0.2) is 0 Å². The molecule has 8 nitrogen and oxygen atoms in total. The first-order valence-corrected chi connectivity index (χ1v) is 17.2. The summed E-state index contributed by atoms with van der Waals surface area (Å²) < 4.78 is 21.7. The molecule has 6 rings (SSSR count). The fourth-order valence-electron chi connectivity index (χ4n) is 7.39. The summed E-state index contributed by atoms with van der Waals surface area (Å²) in [4.78, 5) is 45.1. The average Bonchev–Trinajstić information content (AvgIpc) is 3.04. The Kier molecular flexibility index (Phi) is 13.7. The van der Waals surface area contributed by atoms with Crippen molar-refractivity contribution >= 4 is 24.7 Å². The van der Waals surface area contributed by atoms with Crippen LogP contribution in [0, 0.1) is 27.7 Å². The number of hydrogen-bond acceptors (Lipinski definition) is 8. The average molecular weight is 778 g/mol. The Labute approximate surface area is 331 Å². The van der Waals surface area contributed by atoms with E-state index < -0.39 is 18.4 Å². The summed E-state index contributed by atoms with van der Waals surface area (Å²) in [6, 6.07) is 24.0. The monoisotopic (exact) mass is 777 g/mol. The second kappa shape index (κ2) is 17.6. The van der Waals surface area contributed by atoms with Gasteiger partial charge in [0, 0.05) is 43.5 Å². The Morgan fingerprint density at radius 2 is 0.923 bits per heavy atom. The van der Waals surface area contributed by atoms with Crippen molar-refractivity contribution in [1.29, 1.82) is 0 Å². The maximum atomic E-state index is 12.8. The molecule has 0 N–H and O–H groups in total. The van der Waals surface area contributed by atoms with Gasteiger partial charge >= 0.3 is 11.9 Å². The molecule has 0 aromatic heterocycles. The standard InChI is InChI=1S/C41H41O7.C2H3O.Y/c1-26-20-30(8-12-34(26)45-5)40(16-6-17-40)32-10-14-36(28(3)22-32)47-38(43)24-39(44)48-37-15-11-33(23-29(37)4)41(18-7-19-41)31-9-13-35(46-25-42)27(2)21-31;1-2-3;/h8-15,20-23H,6-7,16-19,24H2,1-5H3;1H3;/q2*-1;. The maximum absolute atomic E-state index is 12.8. The molecule has 0 amide bonds. The zero-order chi connectivity index (χ0) is 36.8. The van der Waals surface area contributed by atoms with Crippen LogP contribution in [0.4, 0.5) is 0 Å². The molecule has 2 aliphatic carbocycles. The van der Waals surface area contributed by atoms with Gasteiger partial charge in [0.1, 0.15) is 23.7 Å². The van der Waals surface area contributed by atoms with Crippen LogP contribution in [0.2, 0.25) is 0 Å². The van der Waals surface area contributed by atoms with Crippen LogP contribution < -0.4 is 18.9 Å². The van der Waals surface area contributed by atoms with Crippen LogP contribution in [0.1, 0.15) is 96.4 Å². The van der Waals surface area contributed by atoms with E-state index in [-0.39, 0.29) is 43.5 Å². The Bertz CT molecular complexity index is 1940. The van der Waals surface area contributed by atoms with Crippen molar-refractivity contribution < 1.29 is 70.8 Å². The van der Waals surface area contributed by atoms with Gasteiger partial charge in [0.2, 0.25) is 0 Å². The zero-order valence-corrected chi connectivity index (χ0v) is 33.6. The fraction of sp³-hybridized carbons (Fsp3) is 0.349. The molecule has 52 heavy (non-hydrogen) atoms. The van der Waals surface area contributed by atoms with Crippen LogP contribution in [0.15, 0.2) is 72.8 Å². The SMILES string of the molecule is COc1ccc(C2(c3ccc(OC(=O)CC(=O)Oc4ccc(C5(c6ccc(O[C-]=O)c(C)c6)CCC5)cc4C)c(C)c3)CCC2)cc1C.C[C-]=O.[Y]. The normalized spacial score (nSPS) is 14.8. The number of benzene rings is 4. The Balaban J connectivity index is 0.00000146. The number of ether oxygens (including phenoxy) is 4. The summed E-state index contributed by atoms with van der Waals surface area (Å²) in [6.45, 7) is 10.6. The van der Waals surface area contributed by atoms with Gasteiger partial charge in [-0.15, -0.1) is 6.07 Å². The number of esters is 2. The van der Waals surface area contributed by atoms with E-state index in [0.29, 0.717) is 17.2 Å². The van der Waals surface area contributed by atoms with Gasteiger partial charge in [0.15, 0.2) is 6.47 Å². The van der Waals surface area contributed by atoms with E-state index in [1.54, 1.807) is 13.2 Å². The van der Waals surface area contributed by atoms with Gasteiger partial charge in [0.05, 0.1) is 7.11 Å². The smallest absolute Gasteiger partial charge is 0.322 e. The zero-order valence-electron chi connectivity index (χ0n) is 30.7. The molecule has 9 heteroatoms. The molecule has 4 aromatic rings. The van der Waals surface area contributed by atoms with Gasteiger partial charge in [-0.3, -0.25) is 15.9 Å². The van der Waals surface area contributed by atoms with Crippen molar-refractivity contribution in [1.82, 2.24) is 0 Å². The van der Waals surface area contributed by atoms with Crippen LogP contribution >= 0.6 is 0 Å². The molecule has 269 valence electrons. The van der Waals surface area contributed by atoms with Gasteiger partial charge in [0.25, 0.3) is 0 Å². The summed E-state index contributed by atoms with van der Waals surface area (Å²) in [7, 11) is 1.69. The molecule has 0 heterocycles. The van der Waals surface area contributed by atoms with Crippen LogP contribution in [-0.2, 0) is 62.7 Å². The van der Waals surface area contributed by atoms with Gasteiger partial charge in [-0.2, -0.15) is 6.92 Å². The van der Waals surface area contributed by atoms with Crippen molar-refractivity contribution in [3.8, 4) is 23.0 Å². The molecular formula is C43H44O8Y-2. The third-order valence-corrected chi connectivity index (χ3v) is 10.4. The summed E-state index contributed by atoms with van der Waals surface area (Å²) >= 11 is 0. The van der Waals surface area contributed by atoms with Crippen LogP contribution in [-0.4, -0.2) is 31.8 Å². The van der Waals surface area contributed by atoms with Crippen LogP contribution in [0.25, 0.3) is 0 Å². The molecule has 0 spiro atoms. The van der Waals surface area contributed by atoms with E-state index in [1.807, 2.05) is 63.2 Å². The topological polar surface area (TPSA) is 105 Å². The molecule has 0 unspecified atom stereocenters. The van der Waals surface area contributed by atoms with Crippen molar-refractivity contribution in [2.24, 2.45) is 0 Å². The van der Waals surface area contributed by atoms with Crippen LogP contribution in [0.5, 0.6) is 23.0 Å². The molecule has 2 aliphatic rings. The van der Waals surface area contributed by atoms with Crippen molar-refractivity contribution in [3.05, 3.63) is 117 Å². The molecule has 1 radical (unpaired) electrons. The van der Waals surface area contributed by atoms with Gasteiger partial charge in [-0.05, 0) is 109 Å². The van der Waals surface area contributed by atoms with Crippen molar-refractivity contribution in [2.75, 3.05) is 7.11 Å². The summed E-state index contributed by atoms with van der Waals surface area (Å²) in [5.74, 6) is 0.867. The quantitative estimate of drug-likeness (QED) is 0.0649. The van der Waals surface area contributed by atoms with E-state index in [1.165, 1.54) is 30.8 Å². The van der Waals surface area contributed by atoms with E-state index in [4.69, 9.17) is 23.7 Å². The van der Waals surface area contributed by atoms with E-state index in [0.717, 1.165) is 77.7 Å². The first-order chi connectivity index (χ1) is 24.5. The number of carbonyl (C=O) groups excluding carboxylic acids is 4. The molecule has 0 atom stereocenters. The molecule has 2 saturated carbocycles. The second-order valence-electron chi connectivity index (χ2n) is 13.5. The minimum Gasteiger partial charge on any atom is -0.610 e. The minimum absolute atomic E-state index is 0. The number of hydrogen-bond donors (Lipinski definition) is 0. The van der Waals surface area contributed by atoms with Crippen molar-refractivity contribution in [2.45, 2.75) is 90.4 Å². The van der Waals surface area contributed by atoms with Crippen LogP contribution in [0.3, 0.4) is 0 Å². The first kappa shape index (κ1) is 40.6. The molecular weight excluding hydrogens is 733 g/mol. The predicted molar refractivity (Wildman–Crippen MR) is 194 cm³/mol. The minimum atomic E-state index is -0.676. The second-order valence-corrected chi connectivity index (χ2v) is 13.5. The number of carbonyl (C=O) groups is 2. The predicted octanol–water partition coefficient (Wildman–Crippen LogP) is 8.33. The number of rotatable bonds is 11. The summed E-state index contributed by atoms with van der Waals surface area (Å²) in [6.07, 6.45) is 7.31. The fourth-order valence-corrected chi connectivity index (χ4v) is 7.39. The molecule has 2 fully saturated rings. The Morgan fingerprint density at radius 3 is 1.19 bits per heavy atom. The Morgan fingerprint density at radius 1 is 0.596 bits per heavy atom. The van der Waals surface area contributed by atoms with E-state index in [9.17, 15) is 14.4 Å². The van der Waals surface area contributed by atoms with Gasteiger partial charge < -0.3 is 28.5 Å². The number of aryl methyl sites for hydroxylation is 4. The number of methoxy groups -OCH3 is 1. The van der Waals surface area contributed by atoms with Crippen molar-refractivity contribution in [3.63, 3.8) is 0 Å². The van der Waals surface area contributed by atoms with Gasteiger partial charge in [-0.1, -0.05) is 73.9 Å². The Hall–Kier alpha value is -4.14. The summed E-state index contributed by atoms with van der Waals surface area (Å²) in [5.41, 5.74) is 8.11. The molecule has 0 aliphatic heterocycles. The molecule has 0 bridgehead atoms. The maximum Gasteiger partial charge on any atom is 0.322 e. The molecule has 0 saturated heterocycles. The van der Waals surface area contributed by atoms with E-state index in [2.05, 4.69) is 31.2 Å². The molecule has 4 aromatic carbocycles. The summed E-state index contributed by atoms with van der Waals surface area (Å²) in [5, 5.41) is 0.